The molecule has 1 aliphatic rings. The lowest BCUT2D eigenvalue weighted by Gasteiger charge is -2.04. The summed E-state index contributed by atoms with van der Waals surface area (Å²) in [5.41, 5.74) is 2.26. The molecule has 0 unspecified atom stereocenters. The summed E-state index contributed by atoms with van der Waals surface area (Å²) in [6.07, 6.45) is 8.80. The average Bonchev–Trinajstić information content (AvgIpc) is 3.22. The molecule has 0 atom stereocenters. The summed E-state index contributed by atoms with van der Waals surface area (Å²) in [4.78, 5) is 12.9. The van der Waals surface area contributed by atoms with Gasteiger partial charge in [-0.1, -0.05) is 0 Å². The van der Waals surface area contributed by atoms with Crippen molar-refractivity contribution in [1.82, 2.24) is 20.3 Å². The van der Waals surface area contributed by atoms with Gasteiger partial charge in [0.15, 0.2) is 0 Å². The predicted molar refractivity (Wildman–Crippen MR) is 68.9 cm³/mol. The van der Waals surface area contributed by atoms with Crippen molar-refractivity contribution in [3.63, 3.8) is 0 Å². The Bertz CT molecular complexity index is 508. The van der Waals surface area contributed by atoms with Gasteiger partial charge in [-0.2, -0.15) is 0 Å². The van der Waals surface area contributed by atoms with Crippen molar-refractivity contribution in [1.29, 1.82) is 0 Å². The molecule has 0 radical (unpaired) electrons. The first-order valence-electron chi connectivity index (χ1n) is 6.33. The Morgan fingerprint density at radius 2 is 1.94 bits per heavy atom. The maximum Gasteiger partial charge on any atom is 0.132 e. The van der Waals surface area contributed by atoms with Gasteiger partial charge >= 0.3 is 0 Å². The fourth-order valence-electron chi connectivity index (χ4n) is 1.84. The van der Waals surface area contributed by atoms with E-state index in [-0.39, 0.29) is 0 Å². The van der Waals surface area contributed by atoms with Crippen LogP contribution in [0.15, 0.2) is 36.8 Å². The van der Waals surface area contributed by atoms with Crippen LogP contribution in [-0.4, -0.2) is 21.0 Å². The van der Waals surface area contributed by atoms with Crippen molar-refractivity contribution in [2.75, 3.05) is 0 Å². The Kier molecular flexibility index (Phi) is 3.28. The fraction of sp³-hybridized carbons (Fsp3) is 0.357. The van der Waals surface area contributed by atoms with Crippen LogP contribution in [-0.2, 0) is 13.0 Å². The van der Waals surface area contributed by atoms with E-state index in [2.05, 4.69) is 20.3 Å². The Hall–Kier alpha value is -1.81. The van der Waals surface area contributed by atoms with Crippen molar-refractivity contribution in [3.05, 3.63) is 53.9 Å². The van der Waals surface area contributed by atoms with Crippen molar-refractivity contribution < 1.29 is 0 Å². The molecule has 2 heterocycles. The first-order valence-corrected chi connectivity index (χ1v) is 6.33. The van der Waals surface area contributed by atoms with Crippen LogP contribution < -0.4 is 5.32 Å². The molecular weight excluding hydrogens is 224 g/mol. The third-order valence-electron chi connectivity index (χ3n) is 3.02. The Morgan fingerprint density at radius 3 is 2.72 bits per heavy atom. The monoisotopic (exact) mass is 240 g/mol. The smallest absolute Gasteiger partial charge is 0.132 e. The van der Waals surface area contributed by atoms with Crippen LogP contribution in [0, 0.1) is 0 Å². The molecule has 1 fully saturated rings. The number of hydrogen-bond donors (Lipinski definition) is 1. The van der Waals surface area contributed by atoms with Crippen LogP contribution in [0.1, 0.15) is 29.9 Å². The topological polar surface area (TPSA) is 50.7 Å². The number of pyridine rings is 1. The van der Waals surface area contributed by atoms with E-state index in [4.69, 9.17) is 0 Å². The molecule has 92 valence electrons. The summed E-state index contributed by atoms with van der Waals surface area (Å²) in [7, 11) is 0. The van der Waals surface area contributed by atoms with Crippen molar-refractivity contribution in [2.45, 2.75) is 31.8 Å². The number of hydrogen-bond acceptors (Lipinski definition) is 4. The third kappa shape index (κ3) is 3.11. The summed E-state index contributed by atoms with van der Waals surface area (Å²) in [5.74, 6) is 0.872. The first-order chi connectivity index (χ1) is 8.90. The summed E-state index contributed by atoms with van der Waals surface area (Å²) >= 11 is 0. The highest BCUT2D eigenvalue weighted by Crippen LogP contribution is 2.19. The van der Waals surface area contributed by atoms with E-state index < -0.39 is 0 Å². The standard InChI is InChI=1S/C14H16N4/c1-2-12(1)17-10-13-5-8-16-14(18-13)9-11-3-6-15-7-4-11/h3-8,12,17H,1-2,9-10H2. The van der Waals surface area contributed by atoms with Gasteiger partial charge in [0.05, 0.1) is 5.69 Å². The van der Waals surface area contributed by atoms with Gasteiger partial charge in [0.1, 0.15) is 5.82 Å². The van der Waals surface area contributed by atoms with Crippen LogP contribution in [0.25, 0.3) is 0 Å². The van der Waals surface area contributed by atoms with Gasteiger partial charge in [0, 0.05) is 37.6 Å². The van der Waals surface area contributed by atoms with Crippen LogP contribution in [0.4, 0.5) is 0 Å². The fourth-order valence-corrected chi connectivity index (χ4v) is 1.84. The highest BCUT2D eigenvalue weighted by Gasteiger charge is 2.20. The summed E-state index contributed by atoms with van der Waals surface area (Å²) in [6.45, 7) is 0.844. The largest absolute Gasteiger partial charge is 0.308 e. The molecule has 18 heavy (non-hydrogen) atoms. The lowest BCUT2D eigenvalue weighted by Crippen LogP contribution is -2.16. The maximum absolute atomic E-state index is 4.57. The van der Waals surface area contributed by atoms with Crippen molar-refractivity contribution in [2.24, 2.45) is 0 Å². The van der Waals surface area contributed by atoms with Gasteiger partial charge < -0.3 is 5.32 Å². The molecule has 0 saturated heterocycles. The highest BCUT2D eigenvalue weighted by atomic mass is 15.0. The average molecular weight is 240 g/mol. The molecule has 0 bridgehead atoms. The van der Waals surface area contributed by atoms with E-state index in [0.29, 0.717) is 6.04 Å². The molecule has 0 aliphatic heterocycles. The van der Waals surface area contributed by atoms with E-state index in [1.54, 1.807) is 12.4 Å². The second kappa shape index (κ2) is 5.23. The zero-order chi connectivity index (χ0) is 12.2. The van der Waals surface area contributed by atoms with E-state index >= 15 is 0 Å². The zero-order valence-corrected chi connectivity index (χ0v) is 10.2. The van der Waals surface area contributed by atoms with Gasteiger partial charge in [-0.25, -0.2) is 9.97 Å². The van der Waals surface area contributed by atoms with Gasteiger partial charge in [-0.05, 0) is 36.6 Å². The van der Waals surface area contributed by atoms with E-state index in [1.807, 2.05) is 24.4 Å². The normalized spacial score (nSPS) is 14.7. The summed E-state index contributed by atoms with van der Waals surface area (Å²) in [5, 5.41) is 3.46. The SMILES string of the molecule is c1cc(Cc2nccc(CNC3CC3)n2)ccn1. The van der Waals surface area contributed by atoms with Crippen LogP contribution >= 0.6 is 0 Å². The number of nitrogens with zero attached hydrogens (tertiary/aromatic N) is 3. The molecular formula is C14H16N4. The Morgan fingerprint density at radius 1 is 1.11 bits per heavy atom. The first kappa shape index (κ1) is 11.3. The highest BCUT2D eigenvalue weighted by molar-refractivity contribution is 5.16. The molecule has 0 aromatic carbocycles. The maximum atomic E-state index is 4.57. The van der Waals surface area contributed by atoms with E-state index in [1.165, 1.54) is 18.4 Å². The number of rotatable bonds is 5. The van der Waals surface area contributed by atoms with Gasteiger partial charge in [0.2, 0.25) is 0 Å². The second-order valence-electron chi connectivity index (χ2n) is 4.65. The van der Waals surface area contributed by atoms with Crippen LogP contribution in [0.5, 0.6) is 0 Å². The third-order valence-corrected chi connectivity index (χ3v) is 3.02. The molecule has 0 spiro atoms. The lowest BCUT2D eigenvalue weighted by molar-refractivity contribution is 0.668. The minimum Gasteiger partial charge on any atom is -0.308 e. The molecule has 1 N–H and O–H groups in total. The van der Waals surface area contributed by atoms with Crippen LogP contribution in [0.2, 0.25) is 0 Å². The van der Waals surface area contributed by atoms with Gasteiger partial charge in [-0.15, -0.1) is 0 Å². The van der Waals surface area contributed by atoms with Gasteiger partial charge in [0.25, 0.3) is 0 Å². The number of nitrogens with one attached hydrogen (secondary N) is 1. The minimum atomic E-state index is 0.712. The Balaban J connectivity index is 1.66. The quantitative estimate of drug-likeness (QED) is 0.864. The van der Waals surface area contributed by atoms with E-state index in [0.717, 1.165) is 24.5 Å². The summed E-state index contributed by atoms with van der Waals surface area (Å²) in [6, 6.07) is 6.69. The molecule has 2 aromatic rings. The lowest BCUT2D eigenvalue weighted by atomic mass is 10.2. The van der Waals surface area contributed by atoms with Crippen LogP contribution in [0.3, 0.4) is 0 Å². The van der Waals surface area contributed by atoms with Gasteiger partial charge in [-0.3, -0.25) is 4.98 Å². The predicted octanol–water partition coefficient (Wildman–Crippen LogP) is 1.71. The minimum absolute atomic E-state index is 0.712. The molecule has 1 saturated carbocycles. The molecule has 2 aromatic heterocycles. The molecule has 1 aliphatic carbocycles. The zero-order valence-electron chi connectivity index (χ0n) is 10.2. The molecule has 0 amide bonds. The Labute approximate surface area is 107 Å². The molecule has 4 heteroatoms. The van der Waals surface area contributed by atoms with E-state index in [9.17, 15) is 0 Å². The second-order valence-corrected chi connectivity index (χ2v) is 4.65. The molecule has 4 nitrogen and oxygen atoms in total. The summed E-state index contributed by atoms with van der Waals surface area (Å²) < 4.78 is 0. The molecule has 3 rings (SSSR count). The van der Waals surface area contributed by atoms with Crippen molar-refractivity contribution in [3.8, 4) is 0 Å². The van der Waals surface area contributed by atoms with Crippen molar-refractivity contribution >= 4 is 0 Å². The number of aromatic nitrogens is 3.